The van der Waals surface area contributed by atoms with Gasteiger partial charge in [0.05, 0.1) is 12.5 Å². The number of alkyl carbamates (subject to hydrolysis) is 1. The second-order valence-electron chi connectivity index (χ2n) is 5.55. The van der Waals surface area contributed by atoms with Crippen LogP contribution < -0.4 is 5.32 Å². The van der Waals surface area contributed by atoms with Crippen LogP contribution in [0.15, 0.2) is 12.2 Å². The lowest BCUT2D eigenvalue weighted by molar-refractivity contribution is -0.149. The Balaban J connectivity index is 2.61. The van der Waals surface area contributed by atoms with Crippen molar-refractivity contribution in [3.05, 3.63) is 12.2 Å². The molecule has 5 heteroatoms. The SMILES string of the molecule is CCOC(=O)[C@@H]1CC=CC[C@@H]1NC(=O)OC(C)(C)C. The molecule has 0 fully saturated rings. The summed E-state index contributed by atoms with van der Waals surface area (Å²) in [4.78, 5) is 23.6. The Morgan fingerprint density at radius 1 is 1.26 bits per heavy atom. The molecule has 0 bridgehead atoms. The zero-order chi connectivity index (χ0) is 14.5. The van der Waals surface area contributed by atoms with Gasteiger partial charge in [-0.2, -0.15) is 0 Å². The Morgan fingerprint density at radius 2 is 1.89 bits per heavy atom. The highest BCUT2D eigenvalue weighted by Gasteiger charge is 2.32. The van der Waals surface area contributed by atoms with Crippen LogP contribution in [0.2, 0.25) is 0 Å². The third-order valence-electron chi connectivity index (χ3n) is 2.72. The van der Waals surface area contributed by atoms with E-state index >= 15 is 0 Å². The molecule has 1 amide bonds. The lowest BCUT2D eigenvalue weighted by Crippen LogP contribution is -2.46. The molecular weight excluding hydrogens is 246 g/mol. The molecule has 0 heterocycles. The number of allylic oxidation sites excluding steroid dienone is 1. The molecule has 0 aromatic carbocycles. The minimum absolute atomic E-state index is 0.265. The summed E-state index contributed by atoms with van der Waals surface area (Å²) in [5.41, 5.74) is -0.548. The zero-order valence-electron chi connectivity index (χ0n) is 12.1. The van der Waals surface area contributed by atoms with E-state index in [-0.39, 0.29) is 17.9 Å². The van der Waals surface area contributed by atoms with E-state index in [9.17, 15) is 9.59 Å². The normalized spacial score (nSPS) is 22.7. The van der Waals surface area contributed by atoms with Gasteiger partial charge in [0.25, 0.3) is 0 Å². The number of carbonyl (C=O) groups excluding carboxylic acids is 2. The van der Waals surface area contributed by atoms with Crippen LogP contribution in [0.1, 0.15) is 40.5 Å². The molecule has 0 aromatic rings. The lowest BCUT2D eigenvalue weighted by atomic mass is 9.89. The average molecular weight is 269 g/mol. The molecular formula is C14H23NO4. The minimum atomic E-state index is -0.548. The van der Waals surface area contributed by atoms with Gasteiger partial charge >= 0.3 is 12.1 Å². The number of esters is 1. The standard InChI is InChI=1S/C14H23NO4/c1-5-18-12(16)10-8-6-7-9-11(10)15-13(17)19-14(2,3)4/h6-7,10-11H,5,8-9H2,1-4H3,(H,15,17)/t10-,11+/m1/s1. The van der Waals surface area contributed by atoms with E-state index in [1.165, 1.54) is 0 Å². The van der Waals surface area contributed by atoms with Crippen LogP contribution in [0.4, 0.5) is 4.79 Å². The first-order chi connectivity index (χ1) is 8.83. The third kappa shape index (κ3) is 5.32. The Labute approximate surface area is 114 Å². The number of hydrogen-bond acceptors (Lipinski definition) is 4. The van der Waals surface area contributed by atoms with Crippen molar-refractivity contribution in [2.45, 2.75) is 52.2 Å². The van der Waals surface area contributed by atoms with Gasteiger partial charge in [-0.15, -0.1) is 0 Å². The summed E-state index contributed by atoms with van der Waals surface area (Å²) in [6.07, 6.45) is 4.59. The van der Waals surface area contributed by atoms with Crippen molar-refractivity contribution >= 4 is 12.1 Å². The van der Waals surface area contributed by atoms with Crippen molar-refractivity contribution in [1.29, 1.82) is 0 Å². The monoisotopic (exact) mass is 269 g/mol. The van der Waals surface area contributed by atoms with Crippen molar-refractivity contribution < 1.29 is 19.1 Å². The molecule has 0 radical (unpaired) electrons. The van der Waals surface area contributed by atoms with Gasteiger partial charge in [0.2, 0.25) is 0 Å². The maximum absolute atomic E-state index is 11.8. The second kappa shape index (κ2) is 6.59. The van der Waals surface area contributed by atoms with Crippen LogP contribution in [-0.4, -0.2) is 30.3 Å². The fourth-order valence-corrected chi connectivity index (χ4v) is 1.94. The smallest absolute Gasteiger partial charge is 0.407 e. The summed E-state index contributed by atoms with van der Waals surface area (Å²) in [7, 11) is 0. The summed E-state index contributed by atoms with van der Waals surface area (Å²) in [6.45, 7) is 7.52. The molecule has 0 unspecified atom stereocenters. The number of carbonyl (C=O) groups is 2. The van der Waals surface area contributed by atoms with Crippen molar-refractivity contribution in [1.82, 2.24) is 5.32 Å². The number of hydrogen-bond donors (Lipinski definition) is 1. The van der Waals surface area contributed by atoms with Crippen LogP contribution in [0.3, 0.4) is 0 Å². The molecule has 5 nitrogen and oxygen atoms in total. The topological polar surface area (TPSA) is 64.6 Å². The van der Waals surface area contributed by atoms with Crippen LogP contribution in [-0.2, 0) is 14.3 Å². The molecule has 108 valence electrons. The summed E-state index contributed by atoms with van der Waals surface area (Å²) in [6, 6.07) is -0.265. The van der Waals surface area contributed by atoms with Crippen LogP contribution in [0.5, 0.6) is 0 Å². The highest BCUT2D eigenvalue weighted by atomic mass is 16.6. The van der Waals surface area contributed by atoms with Crippen LogP contribution >= 0.6 is 0 Å². The third-order valence-corrected chi connectivity index (χ3v) is 2.72. The number of nitrogens with one attached hydrogen (secondary N) is 1. The molecule has 1 N–H and O–H groups in total. The predicted molar refractivity (Wildman–Crippen MR) is 71.7 cm³/mol. The zero-order valence-corrected chi connectivity index (χ0v) is 12.1. The largest absolute Gasteiger partial charge is 0.466 e. The van der Waals surface area contributed by atoms with E-state index in [0.717, 1.165) is 0 Å². The fourth-order valence-electron chi connectivity index (χ4n) is 1.94. The molecule has 0 saturated carbocycles. The Morgan fingerprint density at radius 3 is 2.47 bits per heavy atom. The van der Waals surface area contributed by atoms with Gasteiger partial charge < -0.3 is 14.8 Å². The quantitative estimate of drug-likeness (QED) is 0.631. The van der Waals surface area contributed by atoms with Gasteiger partial charge in [-0.25, -0.2) is 4.79 Å². The molecule has 0 saturated heterocycles. The van der Waals surface area contributed by atoms with E-state index in [4.69, 9.17) is 9.47 Å². The van der Waals surface area contributed by atoms with Crippen molar-refractivity contribution in [2.75, 3.05) is 6.61 Å². The van der Waals surface area contributed by atoms with Crippen molar-refractivity contribution in [3.63, 3.8) is 0 Å². The number of ether oxygens (including phenoxy) is 2. The molecule has 19 heavy (non-hydrogen) atoms. The first-order valence-electron chi connectivity index (χ1n) is 6.64. The summed E-state index contributed by atoms with van der Waals surface area (Å²) >= 11 is 0. The average Bonchev–Trinajstić information content (AvgIpc) is 2.27. The molecule has 0 aliphatic heterocycles. The maximum atomic E-state index is 11.8. The van der Waals surface area contributed by atoms with E-state index in [2.05, 4.69) is 5.32 Å². The highest BCUT2D eigenvalue weighted by Crippen LogP contribution is 2.21. The number of amides is 1. The van der Waals surface area contributed by atoms with E-state index < -0.39 is 11.7 Å². The lowest BCUT2D eigenvalue weighted by Gasteiger charge is -2.29. The Hall–Kier alpha value is -1.52. The summed E-state index contributed by atoms with van der Waals surface area (Å²) in [5, 5.41) is 2.75. The molecule has 0 spiro atoms. The second-order valence-corrected chi connectivity index (χ2v) is 5.55. The van der Waals surface area contributed by atoms with E-state index in [1.54, 1.807) is 27.7 Å². The Kier molecular flexibility index (Phi) is 5.39. The molecule has 1 aliphatic rings. The van der Waals surface area contributed by atoms with E-state index in [0.29, 0.717) is 19.4 Å². The highest BCUT2D eigenvalue weighted by molar-refractivity contribution is 5.75. The van der Waals surface area contributed by atoms with E-state index in [1.807, 2.05) is 12.2 Å². The summed E-state index contributed by atoms with van der Waals surface area (Å²) < 4.78 is 10.2. The van der Waals surface area contributed by atoms with Gasteiger partial charge in [-0.3, -0.25) is 4.79 Å². The van der Waals surface area contributed by atoms with Crippen molar-refractivity contribution in [2.24, 2.45) is 5.92 Å². The first-order valence-corrected chi connectivity index (χ1v) is 6.64. The van der Waals surface area contributed by atoms with Gasteiger partial charge in [0.15, 0.2) is 0 Å². The first kappa shape index (κ1) is 15.5. The van der Waals surface area contributed by atoms with Crippen LogP contribution in [0, 0.1) is 5.92 Å². The number of rotatable bonds is 3. The van der Waals surface area contributed by atoms with Gasteiger partial charge in [-0.05, 0) is 40.5 Å². The van der Waals surface area contributed by atoms with Crippen molar-refractivity contribution in [3.8, 4) is 0 Å². The molecule has 1 rings (SSSR count). The van der Waals surface area contributed by atoms with Crippen LogP contribution in [0.25, 0.3) is 0 Å². The Bertz CT molecular complexity index is 357. The molecule has 2 atom stereocenters. The predicted octanol–water partition coefficient (Wildman–Crippen LogP) is 2.41. The van der Waals surface area contributed by atoms with Gasteiger partial charge in [-0.1, -0.05) is 12.2 Å². The molecule has 1 aliphatic carbocycles. The maximum Gasteiger partial charge on any atom is 0.407 e. The fraction of sp³-hybridized carbons (Fsp3) is 0.714. The minimum Gasteiger partial charge on any atom is -0.466 e. The molecule has 0 aromatic heterocycles. The van der Waals surface area contributed by atoms with Gasteiger partial charge in [0.1, 0.15) is 5.60 Å². The summed E-state index contributed by atoms with van der Waals surface area (Å²) in [5.74, 6) is -0.606. The van der Waals surface area contributed by atoms with Gasteiger partial charge in [0, 0.05) is 6.04 Å².